The van der Waals surface area contributed by atoms with Crippen LogP contribution in [-0.2, 0) is 0 Å². The maximum Gasteiger partial charge on any atom is 0.127 e. The van der Waals surface area contributed by atoms with Gasteiger partial charge in [-0.2, -0.15) is 0 Å². The van der Waals surface area contributed by atoms with Gasteiger partial charge in [-0.25, -0.2) is 4.98 Å². The molecule has 108 valence electrons. The van der Waals surface area contributed by atoms with Crippen LogP contribution in [0.3, 0.4) is 0 Å². The molecule has 20 heavy (non-hydrogen) atoms. The van der Waals surface area contributed by atoms with E-state index in [0.717, 1.165) is 15.8 Å². The molecule has 0 saturated heterocycles. The number of hydrogen-bond donors (Lipinski definition) is 0. The maximum absolute atomic E-state index is 6.39. The summed E-state index contributed by atoms with van der Waals surface area (Å²) in [6.45, 7) is 4.37. The number of alkyl halides is 1. The van der Waals surface area contributed by atoms with Crippen molar-refractivity contribution in [1.29, 1.82) is 0 Å². The lowest BCUT2D eigenvalue weighted by atomic mass is 9.85. The molecule has 0 radical (unpaired) electrons. The van der Waals surface area contributed by atoms with Gasteiger partial charge in [0.15, 0.2) is 0 Å². The molecule has 1 saturated carbocycles. The lowest BCUT2D eigenvalue weighted by Gasteiger charge is -2.32. The Hall–Kier alpha value is -0.540. The minimum Gasteiger partial charge on any atom is -0.323 e. The zero-order valence-electron chi connectivity index (χ0n) is 11.9. The monoisotopic (exact) mass is 354 g/mol. The van der Waals surface area contributed by atoms with E-state index in [0.29, 0.717) is 12.0 Å². The van der Waals surface area contributed by atoms with E-state index < -0.39 is 0 Å². The average Bonchev–Trinajstić information content (AvgIpc) is 2.78. The molecule has 2 nitrogen and oxygen atoms in total. The first-order valence-electron chi connectivity index (χ1n) is 7.39. The summed E-state index contributed by atoms with van der Waals surface area (Å²) in [6.07, 6.45) is 5.18. The van der Waals surface area contributed by atoms with Crippen LogP contribution in [0.15, 0.2) is 22.7 Å². The van der Waals surface area contributed by atoms with E-state index in [1.165, 1.54) is 31.2 Å². The Kier molecular flexibility index (Phi) is 4.09. The first kappa shape index (κ1) is 14.4. The van der Waals surface area contributed by atoms with E-state index in [9.17, 15) is 0 Å². The molecule has 3 unspecified atom stereocenters. The van der Waals surface area contributed by atoms with Crippen molar-refractivity contribution >= 4 is 38.6 Å². The van der Waals surface area contributed by atoms with Crippen LogP contribution in [0.1, 0.15) is 56.8 Å². The van der Waals surface area contributed by atoms with Gasteiger partial charge in [-0.05, 0) is 43.9 Å². The first-order valence-corrected chi connectivity index (χ1v) is 8.62. The molecule has 0 N–H and O–H groups in total. The van der Waals surface area contributed by atoms with E-state index in [4.69, 9.17) is 16.6 Å². The average molecular weight is 356 g/mol. The van der Waals surface area contributed by atoms with Crippen LogP contribution in [0.2, 0.25) is 0 Å². The molecule has 1 aromatic heterocycles. The van der Waals surface area contributed by atoms with Crippen molar-refractivity contribution in [3.63, 3.8) is 0 Å². The Morgan fingerprint density at radius 3 is 2.80 bits per heavy atom. The minimum atomic E-state index is -0.0599. The Morgan fingerprint density at radius 1 is 1.35 bits per heavy atom. The van der Waals surface area contributed by atoms with Gasteiger partial charge < -0.3 is 4.57 Å². The summed E-state index contributed by atoms with van der Waals surface area (Å²) in [5, 5.41) is -0.0599. The third kappa shape index (κ3) is 2.50. The molecule has 1 aliphatic carbocycles. The number of aromatic nitrogens is 2. The molecule has 0 aliphatic heterocycles. The number of nitrogens with zero attached hydrogens (tertiary/aromatic N) is 2. The number of rotatable bonds is 2. The molecule has 0 bridgehead atoms. The normalized spacial score (nSPS) is 25.0. The van der Waals surface area contributed by atoms with Crippen molar-refractivity contribution in [2.24, 2.45) is 5.92 Å². The maximum atomic E-state index is 6.39. The topological polar surface area (TPSA) is 17.8 Å². The lowest BCUT2D eigenvalue weighted by Crippen LogP contribution is -2.23. The van der Waals surface area contributed by atoms with E-state index in [-0.39, 0.29) is 5.38 Å². The van der Waals surface area contributed by atoms with Crippen LogP contribution in [0.4, 0.5) is 0 Å². The Morgan fingerprint density at radius 2 is 2.10 bits per heavy atom. The highest BCUT2D eigenvalue weighted by atomic mass is 79.9. The smallest absolute Gasteiger partial charge is 0.127 e. The minimum absolute atomic E-state index is 0.0599. The van der Waals surface area contributed by atoms with E-state index in [1.807, 2.05) is 13.0 Å². The Bertz CT molecular complexity index is 620. The summed E-state index contributed by atoms with van der Waals surface area (Å²) < 4.78 is 3.50. The van der Waals surface area contributed by atoms with E-state index in [1.54, 1.807) is 0 Å². The SMILES string of the molecule is CC(Cl)c1nc2ccc(Br)cc2n1C1CCCCC1C. The van der Waals surface area contributed by atoms with Gasteiger partial charge in [0.2, 0.25) is 0 Å². The molecular formula is C16H20BrClN2. The molecule has 0 amide bonds. The molecule has 1 aromatic carbocycles. The zero-order chi connectivity index (χ0) is 14.3. The summed E-state index contributed by atoms with van der Waals surface area (Å²) in [7, 11) is 0. The summed E-state index contributed by atoms with van der Waals surface area (Å²) >= 11 is 9.97. The molecule has 3 rings (SSSR count). The fraction of sp³-hybridized carbons (Fsp3) is 0.562. The van der Waals surface area contributed by atoms with Crippen molar-refractivity contribution in [2.75, 3.05) is 0 Å². The van der Waals surface area contributed by atoms with Crippen LogP contribution in [0.5, 0.6) is 0 Å². The van der Waals surface area contributed by atoms with Crippen LogP contribution in [-0.4, -0.2) is 9.55 Å². The molecule has 3 atom stereocenters. The highest BCUT2D eigenvalue weighted by molar-refractivity contribution is 9.10. The van der Waals surface area contributed by atoms with Gasteiger partial charge in [-0.1, -0.05) is 35.7 Å². The third-order valence-corrected chi connectivity index (χ3v) is 5.12. The molecule has 1 fully saturated rings. The number of fused-ring (bicyclic) bond motifs is 1. The van der Waals surface area contributed by atoms with Crippen LogP contribution in [0.25, 0.3) is 11.0 Å². The molecule has 1 aliphatic rings. The molecule has 0 spiro atoms. The number of halogens is 2. The molecule has 1 heterocycles. The number of imidazole rings is 1. The summed E-state index contributed by atoms with van der Waals surface area (Å²) in [5.74, 6) is 1.70. The van der Waals surface area contributed by atoms with Crippen molar-refractivity contribution < 1.29 is 0 Å². The summed E-state index contributed by atoms with van der Waals surface area (Å²) in [4.78, 5) is 4.77. The predicted octanol–water partition coefficient (Wildman–Crippen LogP) is 5.85. The van der Waals surface area contributed by atoms with Gasteiger partial charge in [-0.3, -0.25) is 0 Å². The Balaban J connectivity index is 2.19. The van der Waals surface area contributed by atoms with E-state index >= 15 is 0 Å². The van der Waals surface area contributed by atoms with Gasteiger partial charge in [0.1, 0.15) is 5.82 Å². The van der Waals surface area contributed by atoms with Crippen molar-refractivity contribution in [3.8, 4) is 0 Å². The lowest BCUT2D eigenvalue weighted by molar-refractivity contribution is 0.257. The van der Waals surface area contributed by atoms with Gasteiger partial charge >= 0.3 is 0 Å². The van der Waals surface area contributed by atoms with Crippen LogP contribution >= 0.6 is 27.5 Å². The van der Waals surface area contributed by atoms with Crippen molar-refractivity contribution in [2.45, 2.75) is 50.9 Å². The third-order valence-electron chi connectivity index (χ3n) is 4.43. The Labute approximate surface area is 133 Å². The van der Waals surface area contributed by atoms with Gasteiger partial charge in [0.25, 0.3) is 0 Å². The fourth-order valence-corrected chi connectivity index (χ4v) is 3.90. The quantitative estimate of drug-likeness (QED) is 0.618. The fourth-order valence-electron chi connectivity index (χ4n) is 3.39. The van der Waals surface area contributed by atoms with Gasteiger partial charge in [-0.15, -0.1) is 11.6 Å². The zero-order valence-corrected chi connectivity index (χ0v) is 14.3. The number of hydrogen-bond acceptors (Lipinski definition) is 1. The highest BCUT2D eigenvalue weighted by Gasteiger charge is 2.28. The van der Waals surface area contributed by atoms with Crippen molar-refractivity contribution in [3.05, 3.63) is 28.5 Å². The summed E-state index contributed by atoms with van der Waals surface area (Å²) in [6, 6.07) is 6.82. The van der Waals surface area contributed by atoms with Crippen LogP contribution in [0, 0.1) is 5.92 Å². The second kappa shape index (κ2) is 5.69. The molecule has 4 heteroatoms. The predicted molar refractivity (Wildman–Crippen MR) is 88.4 cm³/mol. The highest BCUT2D eigenvalue weighted by Crippen LogP contribution is 2.39. The molecule has 2 aromatic rings. The number of benzene rings is 1. The second-order valence-corrected chi connectivity index (χ2v) is 7.49. The van der Waals surface area contributed by atoms with Crippen LogP contribution < -0.4 is 0 Å². The van der Waals surface area contributed by atoms with Gasteiger partial charge in [0.05, 0.1) is 16.4 Å². The van der Waals surface area contributed by atoms with E-state index in [2.05, 4.69) is 39.6 Å². The van der Waals surface area contributed by atoms with Gasteiger partial charge in [0, 0.05) is 10.5 Å². The standard InChI is InChI=1S/C16H20BrClN2/c1-10-5-3-4-6-14(10)20-15-9-12(17)7-8-13(15)19-16(20)11(2)18/h7-11,14H,3-6H2,1-2H3. The van der Waals surface area contributed by atoms with Crippen molar-refractivity contribution in [1.82, 2.24) is 9.55 Å². The molecular weight excluding hydrogens is 336 g/mol. The largest absolute Gasteiger partial charge is 0.323 e. The first-order chi connectivity index (χ1) is 9.58. The summed E-state index contributed by atoms with van der Waals surface area (Å²) in [5.41, 5.74) is 2.26. The second-order valence-electron chi connectivity index (χ2n) is 5.92.